The molecule has 0 atom stereocenters. The summed E-state index contributed by atoms with van der Waals surface area (Å²) in [6.45, 7) is 1.98. The van der Waals surface area contributed by atoms with Crippen LogP contribution in [0.5, 0.6) is 0 Å². The van der Waals surface area contributed by atoms with E-state index in [0.29, 0.717) is 10.7 Å². The van der Waals surface area contributed by atoms with Gasteiger partial charge in [-0.25, -0.2) is 4.98 Å². The number of aryl methyl sites for hydroxylation is 1. The molecule has 0 spiro atoms. The van der Waals surface area contributed by atoms with Crippen molar-refractivity contribution in [1.29, 1.82) is 0 Å². The molecule has 0 aliphatic rings. The van der Waals surface area contributed by atoms with Crippen molar-refractivity contribution in [3.8, 4) is 0 Å². The third-order valence-corrected chi connectivity index (χ3v) is 2.70. The van der Waals surface area contributed by atoms with Crippen molar-refractivity contribution in [1.82, 2.24) is 4.98 Å². The number of fused-ring (bicyclic) bond motifs is 1. The summed E-state index contributed by atoms with van der Waals surface area (Å²) in [5.41, 5.74) is 13.0. The third kappa shape index (κ3) is 2.57. The van der Waals surface area contributed by atoms with Gasteiger partial charge in [0.25, 0.3) is 0 Å². The van der Waals surface area contributed by atoms with E-state index in [9.17, 15) is 0 Å². The molecular formula is C12H12ClN5. The monoisotopic (exact) mass is 261 g/mol. The number of aromatic nitrogens is 1. The molecule has 4 N–H and O–H groups in total. The molecule has 6 heteroatoms. The van der Waals surface area contributed by atoms with Gasteiger partial charge in [0, 0.05) is 10.9 Å². The average Bonchev–Trinajstić information content (AvgIpc) is 2.31. The Balaban J connectivity index is 2.50. The molecule has 0 bridgehead atoms. The van der Waals surface area contributed by atoms with E-state index in [1.54, 1.807) is 0 Å². The Morgan fingerprint density at radius 2 is 2.17 bits per heavy atom. The topological polar surface area (TPSA) is 89.6 Å². The fraction of sp³-hybridized carbons (Fsp3) is 0.0833. The quantitative estimate of drug-likeness (QED) is 0.374. The van der Waals surface area contributed by atoms with Gasteiger partial charge in [-0.1, -0.05) is 29.8 Å². The molecule has 92 valence electrons. The van der Waals surface area contributed by atoms with E-state index in [-0.39, 0.29) is 5.96 Å². The number of benzene rings is 1. The molecular weight excluding hydrogens is 250 g/mol. The Kier molecular flexibility index (Phi) is 3.43. The smallest absolute Gasteiger partial charge is 0.211 e. The van der Waals surface area contributed by atoms with Crippen LogP contribution < -0.4 is 11.5 Å². The fourth-order valence-electron chi connectivity index (χ4n) is 1.59. The number of hydrogen-bond acceptors (Lipinski definition) is 3. The molecule has 1 aromatic heterocycles. The summed E-state index contributed by atoms with van der Waals surface area (Å²) < 4.78 is 0. The highest BCUT2D eigenvalue weighted by Gasteiger charge is 2.04. The molecule has 2 rings (SSSR count). The maximum atomic E-state index is 6.08. The summed E-state index contributed by atoms with van der Waals surface area (Å²) in [7, 11) is 0. The summed E-state index contributed by atoms with van der Waals surface area (Å²) >= 11 is 6.08. The number of halogens is 1. The van der Waals surface area contributed by atoms with Crippen LogP contribution in [0.25, 0.3) is 10.9 Å². The minimum Gasteiger partial charge on any atom is -0.369 e. The molecule has 0 fully saturated rings. The lowest BCUT2D eigenvalue weighted by molar-refractivity contribution is 1.21. The molecule has 0 saturated carbocycles. The van der Waals surface area contributed by atoms with E-state index in [1.807, 2.05) is 31.2 Å². The molecule has 0 aliphatic heterocycles. The first-order valence-electron chi connectivity index (χ1n) is 5.26. The highest BCUT2D eigenvalue weighted by Crippen LogP contribution is 2.21. The molecule has 5 nitrogen and oxygen atoms in total. The van der Waals surface area contributed by atoms with Crippen molar-refractivity contribution in [2.24, 2.45) is 21.7 Å². The van der Waals surface area contributed by atoms with Crippen LogP contribution in [0.15, 0.2) is 34.5 Å². The van der Waals surface area contributed by atoms with E-state index in [2.05, 4.69) is 15.2 Å². The van der Waals surface area contributed by atoms with E-state index in [0.717, 1.165) is 16.5 Å². The van der Waals surface area contributed by atoms with Crippen LogP contribution in [0.1, 0.15) is 11.1 Å². The van der Waals surface area contributed by atoms with E-state index < -0.39 is 0 Å². The Morgan fingerprint density at radius 1 is 1.39 bits per heavy atom. The number of nitrogens with zero attached hydrogens (tertiary/aromatic N) is 3. The number of guanidine groups is 1. The average molecular weight is 262 g/mol. The predicted octanol–water partition coefficient (Wildman–Crippen LogP) is 1.80. The summed E-state index contributed by atoms with van der Waals surface area (Å²) in [5.74, 6) is -0.105. The molecule has 1 aromatic carbocycles. The Labute approximate surface area is 109 Å². The van der Waals surface area contributed by atoms with Crippen LogP contribution in [0.2, 0.25) is 5.15 Å². The standard InChI is InChI=1S/C12H12ClN5/c1-7-3-2-4-8-5-9(6-16-18-12(14)15)11(13)17-10(7)8/h2-6H,1H3,(H4,14,15,18)/b16-6+. The predicted molar refractivity (Wildman–Crippen MR) is 74.9 cm³/mol. The lowest BCUT2D eigenvalue weighted by atomic mass is 10.1. The van der Waals surface area contributed by atoms with Gasteiger partial charge in [-0.15, -0.1) is 5.10 Å². The Hall–Kier alpha value is -2.14. The Bertz CT molecular complexity index is 644. The van der Waals surface area contributed by atoms with Gasteiger partial charge in [-0.2, -0.15) is 5.10 Å². The van der Waals surface area contributed by atoms with Crippen LogP contribution >= 0.6 is 11.6 Å². The zero-order chi connectivity index (χ0) is 13.1. The molecule has 2 aromatic rings. The van der Waals surface area contributed by atoms with Gasteiger partial charge in [0.05, 0.1) is 11.7 Å². The zero-order valence-corrected chi connectivity index (χ0v) is 10.5. The van der Waals surface area contributed by atoms with Crippen LogP contribution in [-0.2, 0) is 0 Å². The van der Waals surface area contributed by atoms with Crippen LogP contribution in [0.4, 0.5) is 0 Å². The van der Waals surface area contributed by atoms with Gasteiger partial charge in [0.15, 0.2) is 0 Å². The van der Waals surface area contributed by atoms with Crippen LogP contribution in [0.3, 0.4) is 0 Å². The van der Waals surface area contributed by atoms with Gasteiger partial charge < -0.3 is 11.5 Å². The number of nitrogens with two attached hydrogens (primary N) is 2. The molecule has 0 aliphatic carbocycles. The van der Waals surface area contributed by atoms with E-state index in [1.165, 1.54) is 6.21 Å². The van der Waals surface area contributed by atoms with Crippen molar-refractivity contribution in [3.05, 3.63) is 40.5 Å². The van der Waals surface area contributed by atoms with Gasteiger partial charge in [0.2, 0.25) is 5.96 Å². The SMILES string of the molecule is Cc1cccc2cc(/C=N/N=C(N)N)c(Cl)nc12. The highest BCUT2D eigenvalue weighted by atomic mass is 35.5. The minimum atomic E-state index is -0.105. The molecule has 0 saturated heterocycles. The summed E-state index contributed by atoms with van der Waals surface area (Å²) in [5, 5.41) is 8.59. The minimum absolute atomic E-state index is 0.105. The van der Waals surface area contributed by atoms with Crippen molar-refractivity contribution < 1.29 is 0 Å². The normalized spacial score (nSPS) is 11.0. The summed E-state index contributed by atoms with van der Waals surface area (Å²) in [6, 6.07) is 7.80. The summed E-state index contributed by atoms with van der Waals surface area (Å²) in [6.07, 6.45) is 1.47. The maximum absolute atomic E-state index is 6.08. The van der Waals surface area contributed by atoms with Crippen molar-refractivity contribution in [2.75, 3.05) is 0 Å². The van der Waals surface area contributed by atoms with Crippen molar-refractivity contribution in [3.63, 3.8) is 0 Å². The number of hydrogen-bond donors (Lipinski definition) is 2. The number of para-hydroxylation sites is 1. The number of rotatable bonds is 2. The first kappa shape index (κ1) is 12.3. The van der Waals surface area contributed by atoms with Crippen LogP contribution in [-0.4, -0.2) is 17.2 Å². The second-order valence-corrected chi connectivity index (χ2v) is 4.14. The molecule has 1 heterocycles. The van der Waals surface area contributed by atoms with Gasteiger partial charge in [-0.3, -0.25) is 0 Å². The lowest BCUT2D eigenvalue weighted by Gasteiger charge is -2.03. The van der Waals surface area contributed by atoms with Gasteiger partial charge in [-0.05, 0) is 18.6 Å². The van der Waals surface area contributed by atoms with E-state index in [4.69, 9.17) is 23.1 Å². The molecule has 0 radical (unpaired) electrons. The van der Waals surface area contributed by atoms with Crippen molar-refractivity contribution in [2.45, 2.75) is 6.92 Å². The van der Waals surface area contributed by atoms with Gasteiger partial charge >= 0.3 is 0 Å². The van der Waals surface area contributed by atoms with Crippen molar-refractivity contribution >= 4 is 34.7 Å². The highest BCUT2D eigenvalue weighted by molar-refractivity contribution is 6.32. The third-order valence-electron chi connectivity index (χ3n) is 2.40. The first-order valence-corrected chi connectivity index (χ1v) is 5.63. The largest absolute Gasteiger partial charge is 0.369 e. The molecule has 0 unspecified atom stereocenters. The fourth-order valence-corrected chi connectivity index (χ4v) is 1.78. The second-order valence-electron chi connectivity index (χ2n) is 3.78. The second kappa shape index (κ2) is 5.01. The van der Waals surface area contributed by atoms with E-state index >= 15 is 0 Å². The molecule has 0 amide bonds. The Morgan fingerprint density at radius 3 is 2.89 bits per heavy atom. The first-order chi connectivity index (χ1) is 8.58. The zero-order valence-electron chi connectivity index (χ0n) is 9.76. The number of pyridine rings is 1. The summed E-state index contributed by atoms with van der Waals surface area (Å²) in [4.78, 5) is 4.34. The molecule has 18 heavy (non-hydrogen) atoms. The van der Waals surface area contributed by atoms with Crippen LogP contribution in [0, 0.1) is 6.92 Å². The maximum Gasteiger partial charge on any atom is 0.211 e. The lowest BCUT2D eigenvalue weighted by Crippen LogP contribution is -2.21. The van der Waals surface area contributed by atoms with Gasteiger partial charge in [0.1, 0.15) is 5.15 Å².